The summed E-state index contributed by atoms with van der Waals surface area (Å²) in [5, 5.41) is 13.9. The second-order valence-electron chi connectivity index (χ2n) is 6.69. The lowest BCUT2D eigenvalue weighted by molar-refractivity contribution is 0.0337. The first-order valence-corrected chi connectivity index (χ1v) is 8.66. The third-order valence-corrected chi connectivity index (χ3v) is 5.15. The Morgan fingerprint density at radius 3 is 2.74 bits per heavy atom. The molecule has 1 aromatic rings. The summed E-state index contributed by atoms with van der Waals surface area (Å²) in [7, 11) is 0. The number of aryl methyl sites for hydroxylation is 1. The van der Waals surface area contributed by atoms with Crippen molar-refractivity contribution in [2.24, 2.45) is 0 Å². The molecule has 6 nitrogen and oxygen atoms in total. The molecule has 2 aliphatic rings. The third kappa shape index (κ3) is 3.70. The Bertz CT molecular complexity index is 545. The van der Waals surface area contributed by atoms with Gasteiger partial charge in [-0.1, -0.05) is 12.8 Å². The van der Waals surface area contributed by atoms with Crippen molar-refractivity contribution in [3.8, 4) is 0 Å². The van der Waals surface area contributed by atoms with Crippen LogP contribution in [0.25, 0.3) is 0 Å². The molecule has 2 heterocycles. The average Bonchev–Trinajstić information content (AvgIpc) is 3.01. The Morgan fingerprint density at radius 1 is 1.26 bits per heavy atom. The van der Waals surface area contributed by atoms with Crippen LogP contribution in [-0.2, 0) is 0 Å². The van der Waals surface area contributed by atoms with Crippen molar-refractivity contribution in [1.82, 2.24) is 20.2 Å². The SMILES string of the molecule is Cc1ncncc1C(=O)N[C@@H]1CCCC[C@@H](N2CCCC2)[C@@H]1O. The molecule has 0 bridgehead atoms. The van der Waals surface area contributed by atoms with Gasteiger partial charge < -0.3 is 10.4 Å². The van der Waals surface area contributed by atoms with Crippen LogP contribution in [0.15, 0.2) is 12.5 Å². The van der Waals surface area contributed by atoms with Crippen LogP contribution in [0.1, 0.15) is 54.6 Å². The summed E-state index contributed by atoms with van der Waals surface area (Å²) >= 11 is 0. The quantitative estimate of drug-likeness (QED) is 0.821. The van der Waals surface area contributed by atoms with E-state index in [2.05, 4.69) is 20.2 Å². The zero-order valence-corrected chi connectivity index (χ0v) is 13.7. The Balaban J connectivity index is 1.70. The van der Waals surface area contributed by atoms with E-state index < -0.39 is 6.10 Å². The molecule has 2 N–H and O–H groups in total. The molecule has 0 unspecified atom stereocenters. The van der Waals surface area contributed by atoms with Gasteiger partial charge in [0.05, 0.1) is 23.4 Å². The fraction of sp³-hybridized carbons (Fsp3) is 0.706. The summed E-state index contributed by atoms with van der Waals surface area (Å²) < 4.78 is 0. The molecule has 3 atom stereocenters. The Kier molecular flexibility index (Phi) is 5.23. The Labute approximate surface area is 137 Å². The minimum Gasteiger partial charge on any atom is -0.389 e. The smallest absolute Gasteiger partial charge is 0.255 e. The second-order valence-corrected chi connectivity index (χ2v) is 6.69. The molecule has 1 aliphatic heterocycles. The van der Waals surface area contributed by atoms with Crippen molar-refractivity contribution in [3.63, 3.8) is 0 Å². The molecule has 1 amide bonds. The predicted octanol–water partition coefficient (Wildman–Crippen LogP) is 1.28. The van der Waals surface area contributed by atoms with Crippen LogP contribution in [0.2, 0.25) is 0 Å². The van der Waals surface area contributed by atoms with Crippen molar-refractivity contribution in [2.75, 3.05) is 13.1 Å². The maximum absolute atomic E-state index is 12.5. The molecule has 1 saturated heterocycles. The lowest BCUT2D eigenvalue weighted by Crippen LogP contribution is -2.52. The van der Waals surface area contributed by atoms with Gasteiger partial charge in [0.2, 0.25) is 0 Å². The number of aromatic nitrogens is 2. The maximum Gasteiger partial charge on any atom is 0.255 e. The van der Waals surface area contributed by atoms with Gasteiger partial charge in [-0.15, -0.1) is 0 Å². The zero-order chi connectivity index (χ0) is 16.2. The fourth-order valence-corrected chi connectivity index (χ4v) is 3.82. The lowest BCUT2D eigenvalue weighted by atomic mass is 10.00. The second kappa shape index (κ2) is 7.36. The van der Waals surface area contributed by atoms with Crippen LogP contribution in [0.4, 0.5) is 0 Å². The molecular weight excluding hydrogens is 292 g/mol. The van der Waals surface area contributed by atoms with E-state index in [1.807, 2.05) is 0 Å². The highest BCUT2D eigenvalue weighted by Gasteiger charge is 2.35. The van der Waals surface area contributed by atoms with E-state index in [1.165, 1.54) is 19.2 Å². The summed E-state index contributed by atoms with van der Waals surface area (Å²) in [4.78, 5) is 22.9. The van der Waals surface area contributed by atoms with Gasteiger partial charge in [0.1, 0.15) is 6.33 Å². The van der Waals surface area contributed by atoms with Crippen molar-refractivity contribution in [1.29, 1.82) is 0 Å². The van der Waals surface area contributed by atoms with Crippen molar-refractivity contribution in [3.05, 3.63) is 23.8 Å². The van der Waals surface area contributed by atoms with E-state index >= 15 is 0 Å². The van der Waals surface area contributed by atoms with Gasteiger partial charge in [-0.2, -0.15) is 0 Å². The molecule has 3 rings (SSSR count). The first-order valence-electron chi connectivity index (χ1n) is 8.66. The van der Waals surface area contributed by atoms with Crippen LogP contribution < -0.4 is 5.32 Å². The number of aliphatic hydroxyl groups excluding tert-OH is 1. The van der Waals surface area contributed by atoms with Gasteiger partial charge in [0.15, 0.2) is 0 Å². The molecule has 2 fully saturated rings. The Hall–Kier alpha value is -1.53. The fourth-order valence-electron chi connectivity index (χ4n) is 3.82. The predicted molar refractivity (Wildman–Crippen MR) is 87.1 cm³/mol. The number of nitrogens with one attached hydrogen (secondary N) is 1. The maximum atomic E-state index is 12.5. The number of aliphatic hydroxyl groups is 1. The number of carbonyl (C=O) groups is 1. The summed E-state index contributed by atoms with van der Waals surface area (Å²) in [6.45, 7) is 3.93. The molecule has 0 aromatic carbocycles. The molecule has 0 radical (unpaired) electrons. The highest BCUT2D eigenvalue weighted by atomic mass is 16.3. The average molecular weight is 318 g/mol. The zero-order valence-electron chi connectivity index (χ0n) is 13.7. The topological polar surface area (TPSA) is 78.4 Å². The van der Waals surface area contributed by atoms with E-state index in [4.69, 9.17) is 0 Å². The van der Waals surface area contributed by atoms with E-state index in [1.54, 1.807) is 13.1 Å². The van der Waals surface area contributed by atoms with Crippen LogP contribution >= 0.6 is 0 Å². The van der Waals surface area contributed by atoms with E-state index in [9.17, 15) is 9.90 Å². The molecular formula is C17H26N4O2. The number of hydrogen-bond acceptors (Lipinski definition) is 5. The molecule has 1 saturated carbocycles. The van der Waals surface area contributed by atoms with Crippen LogP contribution in [0, 0.1) is 6.92 Å². The van der Waals surface area contributed by atoms with Crippen LogP contribution in [-0.4, -0.2) is 57.2 Å². The monoisotopic (exact) mass is 318 g/mol. The first-order chi connectivity index (χ1) is 11.2. The van der Waals surface area contributed by atoms with Crippen molar-refractivity contribution >= 4 is 5.91 Å². The molecule has 1 aromatic heterocycles. The minimum absolute atomic E-state index is 0.165. The molecule has 0 spiro atoms. The number of amides is 1. The van der Waals surface area contributed by atoms with E-state index in [0.29, 0.717) is 11.3 Å². The van der Waals surface area contributed by atoms with Crippen LogP contribution in [0.3, 0.4) is 0 Å². The van der Waals surface area contributed by atoms with Gasteiger partial charge in [0, 0.05) is 12.2 Å². The van der Waals surface area contributed by atoms with Gasteiger partial charge in [-0.05, 0) is 45.7 Å². The first kappa shape index (κ1) is 16.3. The summed E-state index contributed by atoms with van der Waals surface area (Å²) in [5.41, 5.74) is 1.15. The molecule has 126 valence electrons. The highest BCUT2D eigenvalue weighted by Crippen LogP contribution is 2.26. The third-order valence-electron chi connectivity index (χ3n) is 5.15. The molecule has 6 heteroatoms. The lowest BCUT2D eigenvalue weighted by Gasteiger charge is -2.34. The summed E-state index contributed by atoms with van der Waals surface area (Å²) in [6, 6.07) is -0.0337. The molecule has 23 heavy (non-hydrogen) atoms. The number of nitrogens with zero attached hydrogens (tertiary/aromatic N) is 3. The molecule has 1 aliphatic carbocycles. The van der Waals surface area contributed by atoms with Gasteiger partial charge in [-0.25, -0.2) is 9.97 Å². The van der Waals surface area contributed by atoms with Crippen molar-refractivity contribution < 1.29 is 9.90 Å². The van der Waals surface area contributed by atoms with Gasteiger partial charge in [0.25, 0.3) is 5.91 Å². The Morgan fingerprint density at radius 2 is 2.00 bits per heavy atom. The number of carbonyl (C=O) groups excluding carboxylic acids is 1. The highest BCUT2D eigenvalue weighted by molar-refractivity contribution is 5.95. The van der Waals surface area contributed by atoms with Crippen molar-refractivity contribution in [2.45, 2.75) is 63.6 Å². The summed E-state index contributed by atoms with van der Waals surface area (Å²) in [6.07, 6.45) is 8.88. The van der Waals surface area contributed by atoms with Gasteiger partial charge >= 0.3 is 0 Å². The minimum atomic E-state index is -0.510. The number of rotatable bonds is 3. The standard InChI is InChI=1S/C17H26N4O2/c1-12-13(10-18-11-19-12)17(23)20-14-6-2-3-7-15(16(14)22)21-8-4-5-9-21/h10-11,14-16,22H,2-9H2,1H3,(H,20,23)/t14-,15-,16-/m1/s1. The van der Waals surface area contributed by atoms with E-state index in [0.717, 1.165) is 38.8 Å². The summed E-state index contributed by atoms with van der Waals surface area (Å²) in [5.74, 6) is -0.186. The van der Waals surface area contributed by atoms with E-state index in [-0.39, 0.29) is 18.0 Å². The number of hydrogen-bond donors (Lipinski definition) is 2. The van der Waals surface area contributed by atoms with Gasteiger partial charge in [-0.3, -0.25) is 9.69 Å². The largest absolute Gasteiger partial charge is 0.389 e. The van der Waals surface area contributed by atoms with Crippen LogP contribution in [0.5, 0.6) is 0 Å². The normalized spacial score (nSPS) is 29.2. The number of likely N-dealkylation sites (tertiary alicyclic amines) is 1.